The minimum Gasteiger partial charge on any atom is -0.493 e. The van der Waals surface area contributed by atoms with Crippen LogP contribution in [0.4, 0.5) is 0 Å². The Morgan fingerprint density at radius 1 is 1.53 bits per heavy atom. The largest absolute Gasteiger partial charge is 0.493 e. The van der Waals surface area contributed by atoms with Gasteiger partial charge in [0, 0.05) is 12.5 Å². The second kappa shape index (κ2) is 4.64. The molecule has 82 valence electrons. The number of hydrogen-bond acceptors (Lipinski definition) is 3. The molecule has 0 spiro atoms. The average molecular weight is 206 g/mol. The molecule has 1 heterocycles. The molecule has 0 radical (unpaired) electrons. The Bertz CT molecular complexity index is 338. The molecule has 2 rings (SSSR count). The lowest BCUT2D eigenvalue weighted by atomic mass is 10.0. The summed E-state index contributed by atoms with van der Waals surface area (Å²) in [6, 6.07) is 6.42. The molecule has 0 saturated heterocycles. The second-order valence-corrected chi connectivity index (χ2v) is 3.96. The van der Waals surface area contributed by atoms with Crippen molar-refractivity contribution in [2.24, 2.45) is 5.73 Å². The van der Waals surface area contributed by atoms with Gasteiger partial charge in [0.15, 0.2) is 0 Å². The van der Waals surface area contributed by atoms with Gasteiger partial charge in [-0.1, -0.05) is 12.1 Å². The third-order valence-electron chi connectivity index (χ3n) is 2.85. The van der Waals surface area contributed by atoms with Crippen LogP contribution in [0.2, 0.25) is 0 Å². The molecule has 1 aliphatic heterocycles. The van der Waals surface area contributed by atoms with Gasteiger partial charge in [0.25, 0.3) is 0 Å². The van der Waals surface area contributed by atoms with E-state index in [9.17, 15) is 0 Å². The van der Waals surface area contributed by atoms with Gasteiger partial charge in [0.2, 0.25) is 0 Å². The molecule has 1 unspecified atom stereocenters. The van der Waals surface area contributed by atoms with E-state index in [2.05, 4.69) is 17.4 Å². The van der Waals surface area contributed by atoms with Gasteiger partial charge in [-0.3, -0.25) is 0 Å². The molecular formula is C12H18N2O. The van der Waals surface area contributed by atoms with E-state index in [0.717, 1.165) is 31.7 Å². The minimum atomic E-state index is 0.128. The molecule has 3 heteroatoms. The number of ether oxygens (including phenoxy) is 1. The van der Waals surface area contributed by atoms with E-state index in [1.54, 1.807) is 0 Å². The van der Waals surface area contributed by atoms with Gasteiger partial charge in [0.1, 0.15) is 5.75 Å². The fourth-order valence-electron chi connectivity index (χ4n) is 1.90. The first-order valence-corrected chi connectivity index (χ1v) is 5.47. The lowest BCUT2D eigenvalue weighted by Gasteiger charge is -2.12. The molecule has 0 amide bonds. The number of hydrogen-bond donors (Lipinski definition) is 2. The minimum absolute atomic E-state index is 0.128. The zero-order valence-electron chi connectivity index (χ0n) is 9.12. The van der Waals surface area contributed by atoms with Crippen LogP contribution in [-0.2, 0) is 6.42 Å². The molecular weight excluding hydrogens is 188 g/mol. The lowest BCUT2D eigenvalue weighted by Crippen LogP contribution is -2.17. The molecule has 3 N–H and O–H groups in total. The van der Waals surface area contributed by atoms with Crippen LogP contribution in [0.1, 0.15) is 23.6 Å². The maximum absolute atomic E-state index is 6.09. The van der Waals surface area contributed by atoms with E-state index >= 15 is 0 Å². The van der Waals surface area contributed by atoms with Crippen molar-refractivity contribution in [2.75, 3.05) is 20.2 Å². The topological polar surface area (TPSA) is 47.3 Å². The molecule has 0 bridgehead atoms. The highest BCUT2D eigenvalue weighted by molar-refractivity contribution is 5.40. The number of benzene rings is 1. The molecule has 3 nitrogen and oxygen atoms in total. The Morgan fingerprint density at radius 3 is 3.20 bits per heavy atom. The van der Waals surface area contributed by atoms with Gasteiger partial charge in [-0.05, 0) is 37.2 Å². The first kappa shape index (κ1) is 10.5. The number of fused-ring (bicyclic) bond motifs is 1. The summed E-state index contributed by atoms with van der Waals surface area (Å²) in [4.78, 5) is 0. The first-order chi connectivity index (χ1) is 7.31. The van der Waals surface area contributed by atoms with E-state index in [1.807, 2.05) is 13.1 Å². The number of nitrogens with one attached hydrogen (secondary N) is 1. The zero-order chi connectivity index (χ0) is 10.7. The van der Waals surface area contributed by atoms with Gasteiger partial charge in [-0.15, -0.1) is 0 Å². The van der Waals surface area contributed by atoms with E-state index in [-0.39, 0.29) is 6.04 Å². The van der Waals surface area contributed by atoms with Gasteiger partial charge in [-0.2, -0.15) is 0 Å². The van der Waals surface area contributed by atoms with Gasteiger partial charge >= 0.3 is 0 Å². The average Bonchev–Trinajstić information content (AvgIpc) is 2.72. The van der Waals surface area contributed by atoms with Crippen molar-refractivity contribution in [3.05, 3.63) is 29.3 Å². The third-order valence-corrected chi connectivity index (χ3v) is 2.85. The van der Waals surface area contributed by atoms with Gasteiger partial charge in [0.05, 0.1) is 6.61 Å². The Kier molecular flexibility index (Phi) is 3.23. The van der Waals surface area contributed by atoms with E-state index < -0.39 is 0 Å². The third kappa shape index (κ3) is 2.30. The molecule has 1 aliphatic rings. The maximum Gasteiger partial charge on any atom is 0.122 e. The lowest BCUT2D eigenvalue weighted by molar-refractivity contribution is 0.357. The molecule has 0 saturated carbocycles. The van der Waals surface area contributed by atoms with Crippen LogP contribution in [0.15, 0.2) is 18.2 Å². The van der Waals surface area contributed by atoms with Crippen LogP contribution in [0.25, 0.3) is 0 Å². The second-order valence-electron chi connectivity index (χ2n) is 3.96. The maximum atomic E-state index is 6.09. The summed E-state index contributed by atoms with van der Waals surface area (Å²) in [7, 11) is 1.95. The predicted octanol–water partition coefficient (Wildman–Crippen LogP) is 1.23. The zero-order valence-corrected chi connectivity index (χ0v) is 9.12. The van der Waals surface area contributed by atoms with Crippen molar-refractivity contribution in [2.45, 2.75) is 18.9 Å². The fourth-order valence-corrected chi connectivity index (χ4v) is 1.90. The molecule has 0 fully saturated rings. The Labute approximate surface area is 90.6 Å². The SMILES string of the molecule is CNCCC(N)c1ccc2c(c1)CCO2. The number of rotatable bonds is 4. The molecule has 15 heavy (non-hydrogen) atoms. The van der Waals surface area contributed by atoms with Crippen LogP contribution in [-0.4, -0.2) is 20.2 Å². The van der Waals surface area contributed by atoms with Crippen LogP contribution < -0.4 is 15.8 Å². The quantitative estimate of drug-likeness (QED) is 0.779. The summed E-state index contributed by atoms with van der Waals surface area (Å²) >= 11 is 0. The number of nitrogens with two attached hydrogens (primary N) is 1. The van der Waals surface area contributed by atoms with Gasteiger partial charge < -0.3 is 15.8 Å². The Morgan fingerprint density at radius 2 is 2.40 bits per heavy atom. The Balaban J connectivity index is 2.08. The monoisotopic (exact) mass is 206 g/mol. The van der Waals surface area contributed by atoms with Crippen molar-refractivity contribution < 1.29 is 4.74 Å². The van der Waals surface area contributed by atoms with Crippen molar-refractivity contribution in [3.63, 3.8) is 0 Å². The molecule has 0 aromatic heterocycles. The summed E-state index contributed by atoms with van der Waals surface area (Å²) in [5, 5.41) is 3.12. The standard InChI is InChI=1S/C12H18N2O/c1-14-6-4-11(13)9-2-3-12-10(8-9)5-7-15-12/h2-3,8,11,14H,4-7,13H2,1H3. The van der Waals surface area contributed by atoms with Crippen molar-refractivity contribution >= 4 is 0 Å². The highest BCUT2D eigenvalue weighted by Crippen LogP contribution is 2.28. The molecule has 1 aromatic rings. The summed E-state index contributed by atoms with van der Waals surface area (Å²) < 4.78 is 5.46. The van der Waals surface area contributed by atoms with Gasteiger partial charge in [-0.25, -0.2) is 0 Å². The van der Waals surface area contributed by atoms with Crippen molar-refractivity contribution in [3.8, 4) is 5.75 Å². The first-order valence-electron chi connectivity index (χ1n) is 5.47. The highest BCUT2D eigenvalue weighted by atomic mass is 16.5. The summed E-state index contributed by atoms with van der Waals surface area (Å²) in [5.74, 6) is 1.03. The predicted molar refractivity (Wildman–Crippen MR) is 61.1 cm³/mol. The summed E-state index contributed by atoms with van der Waals surface area (Å²) in [6.07, 6.45) is 1.98. The Hall–Kier alpha value is -1.06. The fraction of sp³-hybridized carbons (Fsp3) is 0.500. The van der Waals surface area contributed by atoms with Crippen LogP contribution in [0.3, 0.4) is 0 Å². The highest BCUT2D eigenvalue weighted by Gasteiger charge is 2.14. The molecule has 1 aromatic carbocycles. The van der Waals surface area contributed by atoms with E-state index in [0.29, 0.717) is 0 Å². The molecule has 1 atom stereocenters. The van der Waals surface area contributed by atoms with Crippen LogP contribution in [0.5, 0.6) is 5.75 Å². The van der Waals surface area contributed by atoms with Crippen molar-refractivity contribution in [1.82, 2.24) is 5.32 Å². The van der Waals surface area contributed by atoms with Crippen molar-refractivity contribution in [1.29, 1.82) is 0 Å². The smallest absolute Gasteiger partial charge is 0.122 e. The molecule has 0 aliphatic carbocycles. The van der Waals surface area contributed by atoms with E-state index in [4.69, 9.17) is 10.5 Å². The van der Waals surface area contributed by atoms with Crippen LogP contribution >= 0.6 is 0 Å². The van der Waals surface area contributed by atoms with E-state index in [1.165, 1.54) is 11.1 Å². The normalized spacial score (nSPS) is 15.9. The van der Waals surface area contributed by atoms with Crippen LogP contribution in [0, 0.1) is 0 Å². The summed E-state index contributed by atoms with van der Waals surface area (Å²) in [5.41, 5.74) is 8.61. The summed E-state index contributed by atoms with van der Waals surface area (Å²) in [6.45, 7) is 1.76.